The van der Waals surface area contributed by atoms with Crippen LogP contribution in [-0.4, -0.2) is 18.1 Å². The summed E-state index contributed by atoms with van der Waals surface area (Å²) < 4.78 is 4.60. The monoisotopic (exact) mass is 235 g/mol. The molecule has 2 aromatic heterocycles. The van der Waals surface area contributed by atoms with Crippen molar-refractivity contribution in [3.8, 4) is 10.4 Å². The summed E-state index contributed by atoms with van der Waals surface area (Å²) in [4.78, 5) is 26.4. The Bertz CT molecular complexity index is 557. The van der Waals surface area contributed by atoms with E-state index in [9.17, 15) is 9.59 Å². The zero-order valence-corrected chi connectivity index (χ0v) is 9.34. The van der Waals surface area contributed by atoms with Crippen molar-refractivity contribution in [2.45, 2.75) is 0 Å². The van der Waals surface area contributed by atoms with Crippen molar-refractivity contribution in [2.24, 2.45) is 0 Å². The number of hydrogen-bond donors (Lipinski definition) is 1. The molecule has 0 aliphatic carbocycles. The number of carbonyl (C=O) groups is 1. The van der Waals surface area contributed by atoms with Crippen LogP contribution >= 0.6 is 11.3 Å². The van der Waals surface area contributed by atoms with Crippen LogP contribution in [0.2, 0.25) is 0 Å². The molecule has 0 radical (unpaired) electrons. The second kappa shape index (κ2) is 4.32. The van der Waals surface area contributed by atoms with E-state index < -0.39 is 11.5 Å². The number of aromatic amines is 1. The number of nitrogens with one attached hydrogen (secondary N) is 1. The molecule has 0 aliphatic rings. The number of methoxy groups -OCH3 is 1. The summed E-state index contributed by atoms with van der Waals surface area (Å²) in [5.41, 5.74) is 0.218. The molecule has 4 nitrogen and oxygen atoms in total. The van der Waals surface area contributed by atoms with E-state index >= 15 is 0 Å². The molecule has 0 aliphatic heterocycles. The largest absolute Gasteiger partial charge is 0.465 e. The lowest BCUT2D eigenvalue weighted by atomic mass is 10.1. The minimum absolute atomic E-state index is 0.0486. The SMILES string of the molecule is COC(=O)c1c(-c2cccs2)cc[nH]c1=O. The van der Waals surface area contributed by atoms with E-state index in [0.717, 1.165) is 4.88 Å². The number of hydrogen-bond acceptors (Lipinski definition) is 4. The van der Waals surface area contributed by atoms with Crippen molar-refractivity contribution in [3.63, 3.8) is 0 Å². The summed E-state index contributed by atoms with van der Waals surface area (Å²) in [6.07, 6.45) is 1.52. The molecular formula is C11H9NO3S. The average molecular weight is 235 g/mol. The van der Waals surface area contributed by atoms with Crippen molar-refractivity contribution >= 4 is 17.3 Å². The highest BCUT2D eigenvalue weighted by Gasteiger charge is 2.17. The number of rotatable bonds is 2. The van der Waals surface area contributed by atoms with Crippen LogP contribution in [0.5, 0.6) is 0 Å². The van der Waals surface area contributed by atoms with Gasteiger partial charge in [0.25, 0.3) is 5.56 Å². The lowest BCUT2D eigenvalue weighted by molar-refractivity contribution is 0.0599. The Balaban J connectivity index is 2.67. The fourth-order valence-electron chi connectivity index (χ4n) is 1.42. The molecular weight excluding hydrogens is 226 g/mol. The van der Waals surface area contributed by atoms with Crippen molar-refractivity contribution in [1.82, 2.24) is 4.98 Å². The summed E-state index contributed by atoms with van der Waals surface area (Å²) in [6, 6.07) is 5.41. The van der Waals surface area contributed by atoms with Gasteiger partial charge >= 0.3 is 5.97 Å². The lowest BCUT2D eigenvalue weighted by Gasteiger charge is -2.04. The summed E-state index contributed by atoms with van der Waals surface area (Å²) in [7, 11) is 1.26. The summed E-state index contributed by atoms with van der Waals surface area (Å²) >= 11 is 1.47. The van der Waals surface area contributed by atoms with Crippen LogP contribution in [0.1, 0.15) is 10.4 Å². The number of carbonyl (C=O) groups excluding carboxylic acids is 1. The molecule has 0 atom stereocenters. The summed E-state index contributed by atoms with van der Waals surface area (Å²) in [5.74, 6) is -0.620. The zero-order chi connectivity index (χ0) is 11.5. The fourth-order valence-corrected chi connectivity index (χ4v) is 2.18. The predicted molar refractivity (Wildman–Crippen MR) is 61.7 cm³/mol. The Kier molecular flexibility index (Phi) is 2.87. The first-order chi connectivity index (χ1) is 7.74. The Morgan fingerprint density at radius 1 is 1.44 bits per heavy atom. The van der Waals surface area contributed by atoms with Gasteiger partial charge < -0.3 is 9.72 Å². The van der Waals surface area contributed by atoms with Gasteiger partial charge in [-0.2, -0.15) is 0 Å². The number of thiophene rings is 1. The molecule has 2 heterocycles. The average Bonchev–Trinajstić information content (AvgIpc) is 2.81. The van der Waals surface area contributed by atoms with E-state index in [1.165, 1.54) is 24.6 Å². The molecule has 2 rings (SSSR count). The fraction of sp³-hybridized carbons (Fsp3) is 0.0909. The molecule has 0 unspecified atom stereocenters. The molecule has 16 heavy (non-hydrogen) atoms. The van der Waals surface area contributed by atoms with Gasteiger partial charge in [0.15, 0.2) is 0 Å². The van der Waals surface area contributed by atoms with Gasteiger partial charge in [-0.25, -0.2) is 4.79 Å². The van der Waals surface area contributed by atoms with E-state index in [1.807, 2.05) is 17.5 Å². The third-order valence-electron chi connectivity index (χ3n) is 2.14. The van der Waals surface area contributed by atoms with Crippen LogP contribution in [0.3, 0.4) is 0 Å². The Labute approximate surface area is 95.5 Å². The van der Waals surface area contributed by atoms with Gasteiger partial charge in [-0.15, -0.1) is 11.3 Å². The van der Waals surface area contributed by atoms with Crippen LogP contribution in [-0.2, 0) is 4.74 Å². The van der Waals surface area contributed by atoms with Crippen molar-refractivity contribution in [3.05, 3.63) is 45.7 Å². The van der Waals surface area contributed by atoms with E-state index in [-0.39, 0.29) is 5.56 Å². The molecule has 1 N–H and O–H groups in total. The zero-order valence-electron chi connectivity index (χ0n) is 8.52. The van der Waals surface area contributed by atoms with E-state index in [1.54, 1.807) is 6.07 Å². The second-order valence-corrected chi connectivity index (χ2v) is 4.01. The summed E-state index contributed by atoms with van der Waals surface area (Å²) in [6.45, 7) is 0. The highest BCUT2D eigenvalue weighted by atomic mass is 32.1. The number of H-pyrrole nitrogens is 1. The van der Waals surface area contributed by atoms with Crippen LogP contribution in [0.15, 0.2) is 34.6 Å². The minimum atomic E-state index is -0.620. The van der Waals surface area contributed by atoms with Gasteiger partial charge in [-0.1, -0.05) is 6.07 Å². The first-order valence-electron chi connectivity index (χ1n) is 4.58. The highest BCUT2D eigenvalue weighted by Crippen LogP contribution is 2.26. The molecule has 0 bridgehead atoms. The number of ether oxygens (including phenoxy) is 1. The molecule has 82 valence electrons. The lowest BCUT2D eigenvalue weighted by Crippen LogP contribution is -2.19. The Morgan fingerprint density at radius 3 is 2.88 bits per heavy atom. The molecule has 0 aromatic carbocycles. The maximum Gasteiger partial charge on any atom is 0.344 e. The maximum absolute atomic E-state index is 11.6. The van der Waals surface area contributed by atoms with Gasteiger partial charge in [0.2, 0.25) is 0 Å². The normalized spacial score (nSPS) is 10.1. The Hall–Kier alpha value is -1.88. The van der Waals surface area contributed by atoms with Crippen molar-refractivity contribution in [1.29, 1.82) is 0 Å². The second-order valence-electron chi connectivity index (χ2n) is 3.06. The first kappa shape index (κ1) is 10.6. The van der Waals surface area contributed by atoms with E-state index in [0.29, 0.717) is 5.56 Å². The van der Waals surface area contributed by atoms with Gasteiger partial charge in [-0.05, 0) is 17.5 Å². The Morgan fingerprint density at radius 2 is 2.25 bits per heavy atom. The first-order valence-corrected chi connectivity index (χ1v) is 5.46. The number of pyridine rings is 1. The molecule has 5 heteroatoms. The van der Waals surface area contributed by atoms with E-state index in [4.69, 9.17) is 0 Å². The van der Waals surface area contributed by atoms with Crippen molar-refractivity contribution < 1.29 is 9.53 Å². The quantitative estimate of drug-likeness (QED) is 0.808. The topological polar surface area (TPSA) is 59.2 Å². The molecule has 2 aromatic rings. The highest BCUT2D eigenvalue weighted by molar-refractivity contribution is 7.13. The van der Waals surface area contributed by atoms with Crippen LogP contribution in [0.4, 0.5) is 0 Å². The van der Waals surface area contributed by atoms with Gasteiger partial charge in [0.05, 0.1) is 7.11 Å². The third kappa shape index (κ3) is 1.77. The van der Waals surface area contributed by atoms with Crippen molar-refractivity contribution in [2.75, 3.05) is 7.11 Å². The van der Waals surface area contributed by atoms with Gasteiger partial charge in [-0.3, -0.25) is 4.79 Å². The molecule has 0 fully saturated rings. The maximum atomic E-state index is 11.6. The van der Waals surface area contributed by atoms with Crippen LogP contribution < -0.4 is 5.56 Å². The van der Waals surface area contributed by atoms with Crippen LogP contribution in [0.25, 0.3) is 10.4 Å². The van der Waals surface area contributed by atoms with E-state index in [2.05, 4.69) is 9.72 Å². The summed E-state index contributed by atoms with van der Waals surface area (Å²) in [5, 5.41) is 1.89. The third-order valence-corrected chi connectivity index (χ3v) is 3.04. The minimum Gasteiger partial charge on any atom is -0.465 e. The van der Waals surface area contributed by atoms with Crippen LogP contribution in [0, 0.1) is 0 Å². The smallest absolute Gasteiger partial charge is 0.344 e. The predicted octanol–water partition coefficient (Wildman–Crippen LogP) is 1.89. The molecule has 0 saturated heterocycles. The number of aromatic nitrogens is 1. The molecule has 0 amide bonds. The molecule has 0 saturated carbocycles. The van der Waals surface area contributed by atoms with Gasteiger partial charge in [0, 0.05) is 16.6 Å². The van der Waals surface area contributed by atoms with Gasteiger partial charge in [0.1, 0.15) is 5.56 Å². The number of esters is 1. The standard InChI is InChI=1S/C11H9NO3S/c1-15-11(14)9-7(4-5-12-10(9)13)8-3-2-6-16-8/h2-6H,1H3,(H,12,13). The molecule has 0 spiro atoms.